The van der Waals surface area contributed by atoms with Crippen molar-refractivity contribution in [3.8, 4) is 5.75 Å². The number of rotatable bonds is 6. The van der Waals surface area contributed by atoms with Crippen LogP contribution in [0.1, 0.15) is 29.6 Å². The zero-order valence-electron chi connectivity index (χ0n) is 12.1. The summed E-state index contributed by atoms with van der Waals surface area (Å²) in [7, 11) is 1.67. The molecule has 1 aliphatic rings. The fourth-order valence-corrected chi connectivity index (χ4v) is 2.13. The van der Waals surface area contributed by atoms with Crippen LogP contribution in [-0.4, -0.2) is 43.7 Å². The number of benzene rings is 1. The molecule has 114 valence electrons. The lowest BCUT2D eigenvalue weighted by molar-refractivity contribution is -0.120. The van der Waals surface area contributed by atoms with E-state index in [0.29, 0.717) is 23.5 Å². The van der Waals surface area contributed by atoms with E-state index in [9.17, 15) is 9.59 Å². The summed E-state index contributed by atoms with van der Waals surface area (Å²) in [5.74, 6) is 0.300. The highest BCUT2D eigenvalue weighted by molar-refractivity contribution is 6.00. The quantitative estimate of drug-likeness (QED) is 0.765. The van der Waals surface area contributed by atoms with E-state index in [0.717, 1.165) is 19.3 Å². The topological polar surface area (TPSA) is 78.9 Å². The van der Waals surface area contributed by atoms with Crippen molar-refractivity contribution in [1.29, 1.82) is 0 Å². The lowest BCUT2D eigenvalue weighted by Gasteiger charge is -2.26. The molecule has 0 unspecified atom stereocenters. The number of aliphatic hydroxyl groups excluding tert-OH is 1. The number of hydrogen-bond donors (Lipinski definition) is 2. The first-order valence-corrected chi connectivity index (χ1v) is 7.06. The van der Waals surface area contributed by atoms with Gasteiger partial charge < -0.3 is 20.1 Å². The van der Waals surface area contributed by atoms with Gasteiger partial charge >= 0.3 is 0 Å². The SMILES string of the molecule is CN1C(=O)COc2ccc(C(=O)NCCCCCO)cc21. The predicted octanol–water partition coefficient (Wildman–Crippen LogP) is 0.934. The summed E-state index contributed by atoms with van der Waals surface area (Å²) in [5, 5.41) is 11.5. The Morgan fingerprint density at radius 1 is 1.38 bits per heavy atom. The molecule has 0 aliphatic carbocycles. The second kappa shape index (κ2) is 7.08. The summed E-state index contributed by atoms with van der Waals surface area (Å²) in [5.41, 5.74) is 1.11. The van der Waals surface area contributed by atoms with Gasteiger partial charge in [-0.1, -0.05) is 0 Å². The van der Waals surface area contributed by atoms with Gasteiger partial charge in [0.2, 0.25) is 0 Å². The van der Waals surface area contributed by atoms with Crippen LogP contribution < -0.4 is 15.0 Å². The Bertz CT molecular complexity index is 530. The molecule has 1 heterocycles. The van der Waals surface area contributed by atoms with Crippen LogP contribution in [0.15, 0.2) is 18.2 Å². The average Bonchev–Trinajstić information content (AvgIpc) is 2.50. The molecule has 0 atom stereocenters. The maximum atomic E-state index is 12.0. The molecule has 1 aromatic rings. The summed E-state index contributed by atoms with van der Waals surface area (Å²) in [6, 6.07) is 5.06. The van der Waals surface area contributed by atoms with Gasteiger partial charge in [0, 0.05) is 25.8 Å². The molecule has 0 spiro atoms. The van der Waals surface area contributed by atoms with E-state index < -0.39 is 0 Å². The number of nitrogens with zero attached hydrogens (tertiary/aromatic N) is 1. The summed E-state index contributed by atoms with van der Waals surface area (Å²) in [6.07, 6.45) is 2.46. The van der Waals surface area contributed by atoms with Crippen LogP contribution >= 0.6 is 0 Å². The maximum Gasteiger partial charge on any atom is 0.264 e. The van der Waals surface area contributed by atoms with Crippen LogP contribution in [0.4, 0.5) is 5.69 Å². The second-order valence-electron chi connectivity index (χ2n) is 4.96. The van der Waals surface area contributed by atoms with E-state index >= 15 is 0 Å². The molecule has 0 saturated carbocycles. The first-order valence-electron chi connectivity index (χ1n) is 7.06. The minimum absolute atomic E-state index is 0.0277. The van der Waals surface area contributed by atoms with Crippen molar-refractivity contribution in [2.24, 2.45) is 0 Å². The molecule has 0 fully saturated rings. The smallest absolute Gasteiger partial charge is 0.264 e. The van der Waals surface area contributed by atoms with Crippen LogP contribution in [0.2, 0.25) is 0 Å². The molecule has 1 aliphatic heterocycles. The zero-order valence-corrected chi connectivity index (χ0v) is 12.1. The molecular formula is C15H20N2O4. The summed E-state index contributed by atoms with van der Waals surface area (Å²) in [4.78, 5) is 25.1. The standard InChI is InChI=1S/C15H20N2O4/c1-17-12-9-11(5-6-13(12)21-10-14(17)19)15(20)16-7-3-2-4-8-18/h5-6,9,18H,2-4,7-8,10H2,1H3,(H,16,20). The average molecular weight is 292 g/mol. The Kier molecular flexibility index (Phi) is 5.16. The second-order valence-corrected chi connectivity index (χ2v) is 4.96. The molecule has 0 bridgehead atoms. The number of anilines is 1. The number of nitrogens with one attached hydrogen (secondary N) is 1. The van der Waals surface area contributed by atoms with E-state index in [1.54, 1.807) is 25.2 Å². The third kappa shape index (κ3) is 3.72. The molecule has 21 heavy (non-hydrogen) atoms. The number of unbranched alkanes of at least 4 members (excludes halogenated alkanes) is 2. The monoisotopic (exact) mass is 292 g/mol. The van der Waals surface area contributed by atoms with Gasteiger partial charge in [0.15, 0.2) is 6.61 Å². The van der Waals surface area contributed by atoms with Gasteiger partial charge in [0.1, 0.15) is 5.75 Å². The van der Waals surface area contributed by atoms with E-state index in [-0.39, 0.29) is 25.0 Å². The Hall–Kier alpha value is -2.08. The highest BCUT2D eigenvalue weighted by atomic mass is 16.5. The first-order chi connectivity index (χ1) is 10.1. The fraction of sp³-hybridized carbons (Fsp3) is 0.467. The molecule has 1 aromatic carbocycles. The number of fused-ring (bicyclic) bond motifs is 1. The van der Waals surface area contributed by atoms with E-state index in [2.05, 4.69) is 5.32 Å². The van der Waals surface area contributed by atoms with Crippen LogP contribution in [-0.2, 0) is 4.79 Å². The minimum Gasteiger partial charge on any atom is -0.482 e. The molecule has 2 rings (SSSR count). The van der Waals surface area contributed by atoms with Crippen molar-refractivity contribution in [3.63, 3.8) is 0 Å². The van der Waals surface area contributed by atoms with Gasteiger partial charge in [-0.25, -0.2) is 0 Å². The lowest BCUT2D eigenvalue weighted by atomic mass is 10.1. The number of carbonyl (C=O) groups is 2. The van der Waals surface area contributed by atoms with Crippen molar-refractivity contribution < 1.29 is 19.4 Å². The largest absolute Gasteiger partial charge is 0.482 e. The molecule has 0 radical (unpaired) electrons. The summed E-state index contributed by atoms with van der Waals surface area (Å²) in [6.45, 7) is 0.778. The van der Waals surface area contributed by atoms with E-state index in [1.807, 2.05) is 0 Å². The summed E-state index contributed by atoms with van der Waals surface area (Å²) >= 11 is 0. The van der Waals surface area contributed by atoms with Gasteiger partial charge in [0.25, 0.3) is 11.8 Å². The molecule has 6 heteroatoms. The molecule has 6 nitrogen and oxygen atoms in total. The van der Waals surface area contributed by atoms with E-state index in [1.165, 1.54) is 4.90 Å². The Balaban J connectivity index is 1.97. The molecule has 2 N–H and O–H groups in total. The zero-order chi connectivity index (χ0) is 15.2. The molecule has 0 saturated heterocycles. The van der Waals surface area contributed by atoms with E-state index in [4.69, 9.17) is 9.84 Å². The number of ether oxygens (including phenoxy) is 1. The number of amides is 2. The third-order valence-corrected chi connectivity index (χ3v) is 3.43. The van der Waals surface area contributed by atoms with Crippen molar-refractivity contribution in [2.75, 3.05) is 31.7 Å². The van der Waals surface area contributed by atoms with Crippen LogP contribution in [0.3, 0.4) is 0 Å². The van der Waals surface area contributed by atoms with Gasteiger partial charge in [-0.3, -0.25) is 9.59 Å². The van der Waals surface area contributed by atoms with Gasteiger partial charge in [-0.15, -0.1) is 0 Å². The van der Waals surface area contributed by atoms with Gasteiger partial charge in [-0.05, 0) is 37.5 Å². The van der Waals surface area contributed by atoms with Crippen molar-refractivity contribution >= 4 is 17.5 Å². The molecular weight excluding hydrogens is 272 g/mol. The van der Waals surface area contributed by atoms with Crippen molar-refractivity contribution in [2.45, 2.75) is 19.3 Å². The lowest BCUT2D eigenvalue weighted by Crippen LogP contribution is -2.35. The fourth-order valence-electron chi connectivity index (χ4n) is 2.13. The summed E-state index contributed by atoms with van der Waals surface area (Å²) < 4.78 is 5.32. The minimum atomic E-state index is -0.173. The highest BCUT2D eigenvalue weighted by Gasteiger charge is 2.23. The molecule has 0 aromatic heterocycles. The first kappa shape index (κ1) is 15.3. The number of carbonyl (C=O) groups excluding carboxylic acids is 2. The van der Waals surface area contributed by atoms with Gasteiger partial charge in [-0.2, -0.15) is 0 Å². The van der Waals surface area contributed by atoms with Crippen molar-refractivity contribution in [3.05, 3.63) is 23.8 Å². The molecule has 2 amide bonds. The maximum absolute atomic E-state index is 12.0. The number of aliphatic hydroxyl groups is 1. The van der Waals surface area contributed by atoms with Crippen LogP contribution in [0.5, 0.6) is 5.75 Å². The number of likely N-dealkylation sites (N-methyl/N-ethyl adjacent to an activating group) is 1. The predicted molar refractivity (Wildman–Crippen MR) is 78.6 cm³/mol. The third-order valence-electron chi connectivity index (χ3n) is 3.43. The highest BCUT2D eigenvalue weighted by Crippen LogP contribution is 2.31. The number of hydrogen-bond acceptors (Lipinski definition) is 4. The Morgan fingerprint density at radius 3 is 2.95 bits per heavy atom. The Morgan fingerprint density at radius 2 is 2.19 bits per heavy atom. The normalized spacial score (nSPS) is 13.6. The van der Waals surface area contributed by atoms with Gasteiger partial charge in [0.05, 0.1) is 5.69 Å². The van der Waals surface area contributed by atoms with Crippen molar-refractivity contribution in [1.82, 2.24) is 5.32 Å². The Labute approximate surface area is 123 Å². The van der Waals surface area contributed by atoms with Crippen LogP contribution in [0, 0.1) is 0 Å². The van der Waals surface area contributed by atoms with Crippen LogP contribution in [0.25, 0.3) is 0 Å².